The monoisotopic (exact) mass is 130 g/mol. The highest BCUT2D eigenvalue weighted by Gasteiger charge is 2.24. The molecule has 0 saturated carbocycles. The van der Waals surface area contributed by atoms with Crippen molar-refractivity contribution in [3.63, 3.8) is 0 Å². The smallest absolute Gasteiger partial charge is 0.0946 e. The van der Waals surface area contributed by atoms with Gasteiger partial charge in [0.15, 0.2) is 0 Å². The van der Waals surface area contributed by atoms with E-state index >= 15 is 0 Å². The molecule has 8 heavy (non-hydrogen) atoms. The first kappa shape index (κ1) is 6.10. The van der Waals surface area contributed by atoms with Gasteiger partial charge in [-0.2, -0.15) is 0 Å². The van der Waals surface area contributed by atoms with Gasteiger partial charge in [-0.15, -0.1) is 0 Å². The van der Waals surface area contributed by atoms with Crippen molar-refractivity contribution in [1.29, 1.82) is 0 Å². The zero-order valence-corrected chi connectivity index (χ0v) is 6.19. The highest BCUT2D eigenvalue weighted by molar-refractivity contribution is 7.64. The molecular weight excluding hydrogens is 119 g/mol. The Bertz CT molecular complexity index is 160. The highest BCUT2D eigenvalue weighted by Crippen LogP contribution is 2.50. The summed E-state index contributed by atoms with van der Waals surface area (Å²) in [6.07, 6.45) is 4.88. The van der Waals surface area contributed by atoms with Gasteiger partial charge in [-0.05, 0) is 6.66 Å². The highest BCUT2D eigenvalue weighted by atomic mass is 31.2. The summed E-state index contributed by atoms with van der Waals surface area (Å²) in [5.41, 5.74) is 0.336. The average molecular weight is 130 g/mol. The van der Waals surface area contributed by atoms with E-state index in [-0.39, 0.29) is 0 Å². The second kappa shape index (κ2) is 1.73. The minimum absolute atomic E-state index is 0.336. The molecule has 0 aromatic rings. The van der Waals surface area contributed by atoms with Crippen molar-refractivity contribution in [1.82, 2.24) is 0 Å². The molecule has 1 aliphatic heterocycles. The Balaban J connectivity index is 2.79. The van der Waals surface area contributed by atoms with E-state index in [2.05, 4.69) is 0 Å². The van der Waals surface area contributed by atoms with Crippen molar-refractivity contribution in [3.8, 4) is 0 Å². The molecule has 0 saturated heterocycles. The maximum Gasteiger partial charge on any atom is 0.0946 e. The third-order valence-corrected chi connectivity index (χ3v) is 4.58. The third-order valence-electron chi connectivity index (χ3n) is 1.74. The van der Waals surface area contributed by atoms with Gasteiger partial charge in [0.1, 0.15) is 0 Å². The van der Waals surface area contributed by atoms with Crippen LogP contribution in [0, 0.1) is 0 Å². The molecule has 0 aliphatic carbocycles. The van der Waals surface area contributed by atoms with Gasteiger partial charge >= 0.3 is 0 Å². The van der Waals surface area contributed by atoms with E-state index in [4.69, 9.17) is 0 Å². The number of rotatable bonds is 0. The summed E-state index contributed by atoms with van der Waals surface area (Å²) in [5, 5.41) is 0. The lowest BCUT2D eigenvalue weighted by Gasteiger charge is -2.07. The second-order valence-corrected chi connectivity index (χ2v) is 6.05. The van der Waals surface area contributed by atoms with Gasteiger partial charge < -0.3 is 4.57 Å². The molecule has 0 unspecified atom stereocenters. The quantitative estimate of drug-likeness (QED) is 0.361. The molecule has 1 nitrogen and oxygen atoms in total. The maximum atomic E-state index is 11.3. The molecule has 0 spiro atoms. The normalized spacial score (nSPS) is 45.5. The Morgan fingerprint density at radius 3 is 2.50 bits per heavy atom. The van der Waals surface area contributed by atoms with E-state index in [1.807, 2.05) is 25.7 Å². The summed E-state index contributed by atoms with van der Waals surface area (Å²) in [4.78, 5) is 0. The van der Waals surface area contributed by atoms with Crippen molar-refractivity contribution >= 4 is 7.14 Å². The summed E-state index contributed by atoms with van der Waals surface area (Å²) in [6.45, 7) is 3.89. The van der Waals surface area contributed by atoms with Gasteiger partial charge in [0.2, 0.25) is 0 Å². The van der Waals surface area contributed by atoms with Gasteiger partial charge in [0.05, 0.1) is 7.14 Å². The molecule has 0 aromatic heterocycles. The maximum absolute atomic E-state index is 11.3. The van der Waals surface area contributed by atoms with Crippen molar-refractivity contribution in [3.05, 3.63) is 12.2 Å². The van der Waals surface area contributed by atoms with Crippen LogP contribution in [0.5, 0.6) is 0 Å². The predicted octanol–water partition coefficient (Wildman–Crippen LogP) is 1.94. The molecule has 0 fully saturated rings. The summed E-state index contributed by atoms with van der Waals surface area (Å²) in [7, 11) is -1.75. The van der Waals surface area contributed by atoms with Crippen LogP contribution in [-0.2, 0) is 4.57 Å². The number of hydrogen-bond acceptors (Lipinski definition) is 1. The van der Waals surface area contributed by atoms with E-state index in [0.717, 1.165) is 6.16 Å². The standard InChI is InChI=1S/C6H11OP/c1-6-4-3-5-8(6,2)7/h3-4,6H,5H2,1-2H3/t6-,8+/m1/s1. The lowest BCUT2D eigenvalue weighted by molar-refractivity contribution is 0.579. The van der Waals surface area contributed by atoms with Crippen molar-refractivity contribution in [2.75, 3.05) is 12.8 Å². The fourth-order valence-electron chi connectivity index (χ4n) is 0.815. The summed E-state index contributed by atoms with van der Waals surface area (Å²) in [6, 6.07) is 0. The van der Waals surface area contributed by atoms with E-state index in [9.17, 15) is 4.57 Å². The largest absolute Gasteiger partial charge is 0.323 e. The van der Waals surface area contributed by atoms with Gasteiger partial charge in [-0.3, -0.25) is 0 Å². The topological polar surface area (TPSA) is 17.1 Å². The first-order chi connectivity index (χ1) is 3.63. The van der Waals surface area contributed by atoms with Crippen LogP contribution in [0.2, 0.25) is 0 Å². The molecule has 0 N–H and O–H groups in total. The Hall–Kier alpha value is -0.0300. The molecule has 1 heterocycles. The number of allylic oxidation sites excluding steroid dienone is 2. The molecular formula is C6H11OP. The minimum atomic E-state index is -1.75. The predicted molar refractivity (Wildman–Crippen MR) is 37.0 cm³/mol. The molecule has 46 valence electrons. The van der Waals surface area contributed by atoms with Crippen LogP contribution in [0.4, 0.5) is 0 Å². The molecule has 0 bridgehead atoms. The van der Waals surface area contributed by atoms with Crippen molar-refractivity contribution < 1.29 is 4.57 Å². The first-order valence-corrected chi connectivity index (χ1v) is 5.26. The number of hydrogen-bond donors (Lipinski definition) is 0. The molecule has 0 amide bonds. The van der Waals surface area contributed by atoms with E-state index in [1.165, 1.54) is 0 Å². The van der Waals surface area contributed by atoms with Gasteiger partial charge in [-0.1, -0.05) is 19.1 Å². The second-order valence-electron chi connectivity index (χ2n) is 2.53. The SMILES string of the molecule is C[C@@H]1C=CC[P@]1(C)=O. The van der Waals surface area contributed by atoms with Crippen molar-refractivity contribution in [2.45, 2.75) is 12.6 Å². The molecule has 1 aliphatic rings. The molecule has 1 rings (SSSR count). The van der Waals surface area contributed by atoms with Crippen LogP contribution in [0.3, 0.4) is 0 Å². The molecule has 2 atom stereocenters. The lowest BCUT2D eigenvalue weighted by Crippen LogP contribution is -1.92. The van der Waals surface area contributed by atoms with Crippen LogP contribution >= 0.6 is 7.14 Å². The molecule has 2 heteroatoms. The molecule has 0 aromatic carbocycles. The summed E-state index contributed by atoms with van der Waals surface area (Å²) < 4.78 is 11.3. The van der Waals surface area contributed by atoms with E-state index < -0.39 is 7.14 Å². The van der Waals surface area contributed by atoms with Crippen LogP contribution in [0.1, 0.15) is 6.92 Å². The third kappa shape index (κ3) is 0.877. The summed E-state index contributed by atoms with van der Waals surface area (Å²) in [5.74, 6) is 0. The van der Waals surface area contributed by atoms with Crippen LogP contribution < -0.4 is 0 Å². The first-order valence-electron chi connectivity index (χ1n) is 2.86. The van der Waals surface area contributed by atoms with Gasteiger partial charge in [-0.25, -0.2) is 0 Å². The van der Waals surface area contributed by atoms with Crippen LogP contribution in [0.25, 0.3) is 0 Å². The van der Waals surface area contributed by atoms with Gasteiger partial charge in [0.25, 0.3) is 0 Å². The Kier molecular flexibility index (Phi) is 1.32. The fraction of sp³-hybridized carbons (Fsp3) is 0.667. The minimum Gasteiger partial charge on any atom is -0.323 e. The Morgan fingerprint density at radius 2 is 2.38 bits per heavy atom. The average Bonchev–Trinajstić information content (AvgIpc) is 1.86. The van der Waals surface area contributed by atoms with Crippen LogP contribution in [0.15, 0.2) is 12.2 Å². The van der Waals surface area contributed by atoms with Crippen molar-refractivity contribution in [2.24, 2.45) is 0 Å². The zero-order chi connectivity index (χ0) is 6.20. The van der Waals surface area contributed by atoms with E-state index in [1.54, 1.807) is 0 Å². The van der Waals surface area contributed by atoms with Crippen LogP contribution in [-0.4, -0.2) is 18.5 Å². The lowest BCUT2D eigenvalue weighted by atomic mass is 10.4. The zero-order valence-electron chi connectivity index (χ0n) is 5.29. The Morgan fingerprint density at radius 1 is 1.75 bits per heavy atom. The van der Waals surface area contributed by atoms with E-state index in [0.29, 0.717) is 5.66 Å². The fourth-order valence-corrected chi connectivity index (χ4v) is 2.17. The Labute approximate surface area is 50.2 Å². The summed E-state index contributed by atoms with van der Waals surface area (Å²) >= 11 is 0. The van der Waals surface area contributed by atoms with Gasteiger partial charge in [0, 0.05) is 11.8 Å². The molecule has 0 radical (unpaired) electrons.